The fraction of sp³-hybridized carbons (Fsp3) is 0.294. The van der Waals surface area contributed by atoms with Crippen LogP contribution in [0.2, 0.25) is 0 Å². The summed E-state index contributed by atoms with van der Waals surface area (Å²) in [6, 6.07) is 10.7. The van der Waals surface area contributed by atoms with Gasteiger partial charge in [0.15, 0.2) is 4.99 Å². The van der Waals surface area contributed by atoms with Gasteiger partial charge < -0.3 is 14.5 Å². The number of benzene rings is 2. The molecular formula is C17H21F3K3O7PS. The monoisotopic (exact) mass is 574 g/mol. The molecule has 0 amide bonds. The Labute approximate surface area is 311 Å². The van der Waals surface area contributed by atoms with Gasteiger partial charge in [0.05, 0.1) is 5.56 Å². The molecule has 2 aromatic carbocycles. The van der Waals surface area contributed by atoms with Crippen LogP contribution in [-0.4, -0.2) is 182 Å². The van der Waals surface area contributed by atoms with Gasteiger partial charge in [-0.1, -0.05) is 24.3 Å². The van der Waals surface area contributed by atoms with Gasteiger partial charge in [0, 0.05) is 0 Å². The van der Waals surface area contributed by atoms with Gasteiger partial charge in [0.1, 0.15) is 11.5 Å². The first-order chi connectivity index (χ1) is 13.3. The van der Waals surface area contributed by atoms with E-state index in [0.29, 0.717) is 5.56 Å². The summed E-state index contributed by atoms with van der Waals surface area (Å²) in [5.41, 5.74) is -0.394. The van der Waals surface area contributed by atoms with E-state index in [1.54, 1.807) is 6.07 Å². The van der Waals surface area contributed by atoms with Crippen molar-refractivity contribution in [1.82, 2.24) is 0 Å². The molecule has 0 fully saturated rings. The molecule has 166 valence electrons. The maximum absolute atomic E-state index is 13.1. The van der Waals surface area contributed by atoms with Crippen LogP contribution in [0.25, 0.3) is 0 Å². The number of halogens is 3. The Bertz CT molecular complexity index is 1020. The van der Waals surface area contributed by atoms with Crippen LogP contribution in [0, 0.1) is 0 Å². The third kappa shape index (κ3) is 12.5. The SMILES string of the molecule is O=P(O)(O)C(CCCc1cccc(Oc2ccccc2C(F)(F)F)c1)S(=O)(=O)O.[KH].[KH].[KH]. The van der Waals surface area contributed by atoms with Crippen molar-refractivity contribution in [1.29, 1.82) is 0 Å². The molecule has 1 atom stereocenters. The predicted octanol–water partition coefficient (Wildman–Crippen LogP) is 2.27. The van der Waals surface area contributed by atoms with Crippen LogP contribution in [0.3, 0.4) is 0 Å². The number of hydrogen-bond acceptors (Lipinski definition) is 4. The molecular weight excluding hydrogens is 554 g/mol. The Balaban J connectivity index is 0. The van der Waals surface area contributed by atoms with Gasteiger partial charge in [-0.3, -0.25) is 9.12 Å². The van der Waals surface area contributed by atoms with Gasteiger partial charge in [-0.05, 0) is 49.1 Å². The summed E-state index contributed by atoms with van der Waals surface area (Å²) in [5.74, 6) is -0.273. The molecule has 32 heavy (non-hydrogen) atoms. The van der Waals surface area contributed by atoms with E-state index >= 15 is 0 Å². The molecule has 2 aromatic rings. The van der Waals surface area contributed by atoms with Crippen LogP contribution in [0.5, 0.6) is 11.5 Å². The zero-order valence-electron chi connectivity index (χ0n) is 14.8. The maximum atomic E-state index is 13.1. The fourth-order valence-electron chi connectivity index (χ4n) is 2.65. The average molecular weight is 575 g/mol. The van der Waals surface area contributed by atoms with E-state index in [1.807, 2.05) is 0 Å². The van der Waals surface area contributed by atoms with E-state index in [1.165, 1.54) is 36.4 Å². The summed E-state index contributed by atoms with van der Waals surface area (Å²) >= 11 is 0. The van der Waals surface area contributed by atoms with Crippen molar-refractivity contribution in [3.8, 4) is 11.5 Å². The summed E-state index contributed by atoms with van der Waals surface area (Å²) < 4.78 is 87.0. The molecule has 0 saturated heterocycles. The van der Waals surface area contributed by atoms with Crippen LogP contribution in [0.15, 0.2) is 48.5 Å². The average Bonchev–Trinajstić information content (AvgIpc) is 2.56. The topological polar surface area (TPSA) is 121 Å². The quantitative estimate of drug-likeness (QED) is 0.251. The van der Waals surface area contributed by atoms with Crippen LogP contribution in [0.1, 0.15) is 24.0 Å². The molecule has 0 aromatic heterocycles. The Morgan fingerprint density at radius 2 is 1.59 bits per heavy atom. The molecule has 0 bridgehead atoms. The van der Waals surface area contributed by atoms with Gasteiger partial charge in [-0.25, -0.2) is 0 Å². The summed E-state index contributed by atoms with van der Waals surface area (Å²) in [6.45, 7) is 0. The number of rotatable bonds is 8. The van der Waals surface area contributed by atoms with E-state index in [2.05, 4.69) is 0 Å². The Morgan fingerprint density at radius 1 is 1.00 bits per heavy atom. The van der Waals surface area contributed by atoms with Crippen LogP contribution < -0.4 is 4.74 Å². The molecule has 0 heterocycles. The van der Waals surface area contributed by atoms with Gasteiger partial charge in [0.25, 0.3) is 10.1 Å². The first-order valence-corrected chi connectivity index (χ1v) is 11.4. The normalized spacial score (nSPS) is 12.6. The third-order valence-corrected chi connectivity index (χ3v) is 7.51. The first-order valence-electron chi connectivity index (χ1n) is 8.23. The second-order valence-electron chi connectivity index (χ2n) is 6.19. The molecule has 0 radical (unpaired) electrons. The minimum atomic E-state index is -5.06. The van der Waals surface area contributed by atoms with E-state index < -0.39 is 40.9 Å². The third-order valence-electron chi connectivity index (χ3n) is 3.95. The van der Waals surface area contributed by atoms with Crippen LogP contribution >= 0.6 is 7.60 Å². The molecule has 7 nitrogen and oxygen atoms in total. The van der Waals surface area contributed by atoms with Gasteiger partial charge >= 0.3 is 168 Å². The zero-order chi connectivity index (χ0) is 21.9. The van der Waals surface area contributed by atoms with Crippen molar-refractivity contribution < 1.29 is 45.2 Å². The van der Waals surface area contributed by atoms with Crippen molar-refractivity contribution in [3.63, 3.8) is 0 Å². The Hall–Kier alpha value is 3.00. The summed E-state index contributed by atoms with van der Waals surface area (Å²) in [4.78, 5) is 15.9. The molecule has 0 aliphatic rings. The second-order valence-corrected chi connectivity index (χ2v) is 9.94. The van der Waals surface area contributed by atoms with E-state index in [9.17, 15) is 26.2 Å². The van der Waals surface area contributed by atoms with Gasteiger partial charge in [-0.15, -0.1) is 0 Å². The molecule has 3 N–H and O–H groups in total. The molecule has 2 rings (SSSR count). The van der Waals surface area contributed by atoms with E-state index in [-0.39, 0.29) is 178 Å². The van der Waals surface area contributed by atoms with Gasteiger partial charge in [-0.2, -0.15) is 21.6 Å². The Kier molecular flexibility index (Phi) is 18.7. The number of hydrogen-bond donors (Lipinski definition) is 3. The van der Waals surface area contributed by atoms with Crippen molar-refractivity contribution in [2.75, 3.05) is 0 Å². The number of para-hydroxylation sites is 1. The number of aryl methyl sites for hydroxylation is 1. The molecule has 15 heteroatoms. The number of ether oxygens (including phenoxy) is 1. The second kappa shape index (κ2) is 16.1. The van der Waals surface area contributed by atoms with E-state index in [0.717, 1.165) is 6.07 Å². The number of alkyl halides is 3. The molecule has 0 aliphatic heterocycles. The zero-order valence-corrected chi connectivity index (χ0v) is 16.5. The predicted molar refractivity (Wildman–Crippen MR) is 120 cm³/mol. The van der Waals surface area contributed by atoms with Crippen LogP contribution in [-0.2, 0) is 27.3 Å². The summed E-state index contributed by atoms with van der Waals surface area (Å²) in [6.07, 6.45) is -4.94. The van der Waals surface area contributed by atoms with Crippen molar-refractivity contribution in [3.05, 3.63) is 59.7 Å². The van der Waals surface area contributed by atoms with Gasteiger partial charge in [0.2, 0.25) is 0 Å². The molecule has 0 saturated carbocycles. The first kappa shape index (κ1) is 37.2. The van der Waals surface area contributed by atoms with E-state index in [4.69, 9.17) is 19.1 Å². The van der Waals surface area contributed by atoms with Crippen LogP contribution in [0.4, 0.5) is 13.2 Å². The van der Waals surface area contributed by atoms with Crippen molar-refractivity contribution in [2.45, 2.75) is 30.4 Å². The standard InChI is InChI=1S/C17H18F3O7PS.3K.3H/c18-17(19,20)14-8-1-2-9-15(14)27-13-7-3-5-12(11-13)6-4-10-16(28(21,22)23)29(24,25)26;;;;;;/h1-3,5,7-9,11,16H,4,6,10H2,(H2,21,22,23)(H,24,25,26);;;;;;. The molecule has 1 unspecified atom stereocenters. The molecule has 0 spiro atoms. The summed E-state index contributed by atoms with van der Waals surface area (Å²) in [5, 5.41) is 0. The Morgan fingerprint density at radius 3 is 2.12 bits per heavy atom. The van der Waals surface area contributed by atoms with Crippen molar-refractivity contribution >= 4 is 172 Å². The molecule has 0 aliphatic carbocycles. The minimum absolute atomic E-state index is 0. The fourth-order valence-corrected chi connectivity index (χ4v) is 5.02. The van der Waals surface area contributed by atoms with Crippen molar-refractivity contribution in [2.24, 2.45) is 0 Å². The summed E-state index contributed by atoms with van der Waals surface area (Å²) in [7, 11) is -10.0.